The maximum atomic E-state index is 12.8. The van der Waals surface area contributed by atoms with Gasteiger partial charge in [0.2, 0.25) is 5.91 Å². The molecule has 2 aliphatic rings. The van der Waals surface area contributed by atoms with Gasteiger partial charge < -0.3 is 15.0 Å². The summed E-state index contributed by atoms with van der Waals surface area (Å²) in [4.78, 5) is 42.9. The highest BCUT2D eigenvalue weighted by atomic mass is 16.5. The van der Waals surface area contributed by atoms with Crippen molar-refractivity contribution in [3.05, 3.63) is 23.5 Å². The van der Waals surface area contributed by atoms with Crippen molar-refractivity contribution in [1.82, 2.24) is 25.0 Å². The maximum Gasteiger partial charge on any atom is 0.339 e. The number of carbonyl (C=O) groups excluding carboxylic acids is 3. The molecular weight excluding hydrogens is 386 g/mol. The molecule has 9 heteroatoms. The van der Waals surface area contributed by atoms with E-state index in [1.165, 1.54) is 11.9 Å². The average Bonchev–Trinajstić information content (AvgIpc) is 3.63. The van der Waals surface area contributed by atoms with Crippen molar-refractivity contribution >= 4 is 28.8 Å². The van der Waals surface area contributed by atoms with E-state index < -0.39 is 18.5 Å². The Labute approximate surface area is 174 Å². The Morgan fingerprint density at radius 1 is 1.27 bits per heavy atom. The average molecular weight is 413 g/mol. The molecule has 30 heavy (non-hydrogen) atoms. The first-order valence-corrected chi connectivity index (χ1v) is 10.4. The third kappa shape index (κ3) is 4.44. The summed E-state index contributed by atoms with van der Waals surface area (Å²) in [6, 6.07) is 2.09. The summed E-state index contributed by atoms with van der Waals surface area (Å²) in [7, 11) is 1.52. The lowest BCUT2D eigenvalue weighted by atomic mass is 10.1. The van der Waals surface area contributed by atoms with E-state index in [-0.39, 0.29) is 24.5 Å². The Morgan fingerprint density at radius 2 is 2.00 bits per heavy atom. The fourth-order valence-corrected chi connectivity index (χ4v) is 3.29. The lowest BCUT2D eigenvalue weighted by Crippen LogP contribution is -2.40. The Hall–Kier alpha value is -2.97. The molecule has 2 aromatic rings. The van der Waals surface area contributed by atoms with E-state index in [1.807, 2.05) is 13.8 Å². The summed E-state index contributed by atoms with van der Waals surface area (Å²) < 4.78 is 7.08. The highest BCUT2D eigenvalue weighted by Gasteiger charge is 2.29. The number of likely N-dealkylation sites (N-methyl/N-ethyl adjacent to an activating group) is 1. The van der Waals surface area contributed by atoms with Gasteiger partial charge in [0, 0.05) is 30.7 Å². The lowest BCUT2D eigenvalue weighted by molar-refractivity contribution is -0.137. The summed E-state index contributed by atoms with van der Waals surface area (Å²) in [5.41, 5.74) is 1.88. The van der Waals surface area contributed by atoms with Crippen LogP contribution < -0.4 is 5.32 Å². The molecule has 2 fully saturated rings. The SMILES string of the molecule is CC(C)n1ncc2c(C(=O)OCC(=O)N(C)CC(=O)NC3CC3)cc(C3CC3)nc21. The number of amides is 2. The molecule has 0 bridgehead atoms. The molecule has 2 amide bonds. The summed E-state index contributed by atoms with van der Waals surface area (Å²) >= 11 is 0. The minimum absolute atomic E-state index is 0.0562. The number of rotatable bonds is 8. The number of fused-ring (bicyclic) bond motifs is 1. The molecule has 0 radical (unpaired) electrons. The summed E-state index contributed by atoms with van der Waals surface area (Å²) in [5, 5.41) is 7.81. The van der Waals surface area contributed by atoms with Crippen molar-refractivity contribution in [3.8, 4) is 0 Å². The van der Waals surface area contributed by atoms with Crippen molar-refractivity contribution in [2.45, 2.75) is 57.5 Å². The highest BCUT2D eigenvalue weighted by Crippen LogP contribution is 2.40. The van der Waals surface area contributed by atoms with Crippen molar-refractivity contribution in [2.24, 2.45) is 0 Å². The van der Waals surface area contributed by atoms with Crippen LogP contribution in [0.4, 0.5) is 0 Å². The van der Waals surface area contributed by atoms with Gasteiger partial charge in [-0.2, -0.15) is 5.10 Å². The zero-order chi connectivity index (χ0) is 21.4. The summed E-state index contributed by atoms with van der Waals surface area (Å²) in [6.07, 6.45) is 5.69. The van der Waals surface area contributed by atoms with Gasteiger partial charge in [-0.3, -0.25) is 9.59 Å². The van der Waals surface area contributed by atoms with Gasteiger partial charge in [-0.25, -0.2) is 14.5 Å². The van der Waals surface area contributed by atoms with Crippen LogP contribution in [0, 0.1) is 0 Å². The number of carbonyl (C=O) groups is 3. The first-order valence-electron chi connectivity index (χ1n) is 10.4. The van der Waals surface area contributed by atoms with E-state index >= 15 is 0 Å². The maximum absolute atomic E-state index is 12.8. The molecule has 2 aromatic heterocycles. The molecule has 160 valence electrons. The van der Waals surface area contributed by atoms with Gasteiger partial charge in [-0.05, 0) is 45.6 Å². The van der Waals surface area contributed by atoms with Crippen LogP contribution in [0.2, 0.25) is 0 Å². The Bertz CT molecular complexity index is 991. The van der Waals surface area contributed by atoms with Crippen LogP contribution in [0.25, 0.3) is 11.0 Å². The third-order valence-electron chi connectivity index (χ3n) is 5.37. The van der Waals surface area contributed by atoms with Gasteiger partial charge in [-0.15, -0.1) is 0 Å². The fourth-order valence-electron chi connectivity index (χ4n) is 3.29. The predicted molar refractivity (Wildman–Crippen MR) is 109 cm³/mol. The van der Waals surface area contributed by atoms with Crippen LogP contribution in [0.15, 0.2) is 12.3 Å². The first kappa shape index (κ1) is 20.3. The van der Waals surface area contributed by atoms with E-state index in [0.717, 1.165) is 31.4 Å². The van der Waals surface area contributed by atoms with Crippen molar-refractivity contribution in [3.63, 3.8) is 0 Å². The van der Waals surface area contributed by atoms with Crippen LogP contribution in [0.1, 0.15) is 67.5 Å². The molecule has 0 spiro atoms. The second-order valence-corrected chi connectivity index (χ2v) is 8.46. The van der Waals surface area contributed by atoms with Gasteiger partial charge in [-0.1, -0.05) is 0 Å². The van der Waals surface area contributed by atoms with E-state index in [4.69, 9.17) is 9.72 Å². The molecule has 0 unspecified atom stereocenters. The van der Waals surface area contributed by atoms with Gasteiger partial charge in [0.15, 0.2) is 12.3 Å². The molecule has 2 aliphatic carbocycles. The molecule has 2 heterocycles. The van der Waals surface area contributed by atoms with Crippen molar-refractivity contribution in [2.75, 3.05) is 20.2 Å². The minimum atomic E-state index is -0.586. The first-order chi connectivity index (χ1) is 14.3. The predicted octanol–water partition coefficient (Wildman–Crippen LogP) is 1.78. The number of hydrogen-bond donors (Lipinski definition) is 1. The normalized spacial score (nSPS) is 16.0. The lowest BCUT2D eigenvalue weighted by Gasteiger charge is -2.17. The van der Waals surface area contributed by atoms with Gasteiger partial charge >= 0.3 is 5.97 Å². The van der Waals surface area contributed by atoms with E-state index in [9.17, 15) is 14.4 Å². The highest BCUT2D eigenvalue weighted by molar-refractivity contribution is 6.03. The minimum Gasteiger partial charge on any atom is -0.452 e. The van der Waals surface area contributed by atoms with Gasteiger partial charge in [0.1, 0.15) is 0 Å². The topological polar surface area (TPSA) is 106 Å². The second kappa shape index (κ2) is 8.04. The standard InChI is InChI=1S/C21H27N5O4/c1-12(2)26-20-16(9-22-26)15(8-17(24-20)13-4-5-13)21(29)30-11-19(28)25(3)10-18(27)23-14-6-7-14/h8-9,12-14H,4-7,10-11H2,1-3H3,(H,23,27). The largest absolute Gasteiger partial charge is 0.452 e. The number of ether oxygens (including phenoxy) is 1. The quantitative estimate of drug-likeness (QED) is 0.661. The van der Waals surface area contributed by atoms with Crippen LogP contribution in [-0.2, 0) is 14.3 Å². The molecule has 0 aliphatic heterocycles. The molecule has 2 saturated carbocycles. The van der Waals surface area contributed by atoms with Crippen molar-refractivity contribution in [1.29, 1.82) is 0 Å². The van der Waals surface area contributed by atoms with Gasteiger partial charge in [0.05, 0.1) is 23.7 Å². The van der Waals surface area contributed by atoms with Crippen LogP contribution in [0.5, 0.6) is 0 Å². The monoisotopic (exact) mass is 413 g/mol. The Morgan fingerprint density at radius 3 is 2.63 bits per heavy atom. The van der Waals surface area contributed by atoms with Crippen LogP contribution in [-0.4, -0.2) is 63.7 Å². The number of hydrogen-bond acceptors (Lipinski definition) is 6. The number of esters is 1. The zero-order valence-corrected chi connectivity index (χ0v) is 17.6. The number of nitrogens with zero attached hydrogens (tertiary/aromatic N) is 4. The second-order valence-electron chi connectivity index (χ2n) is 8.46. The van der Waals surface area contributed by atoms with Gasteiger partial charge in [0.25, 0.3) is 5.91 Å². The molecular formula is C21H27N5O4. The molecule has 1 N–H and O–H groups in total. The summed E-state index contributed by atoms with van der Waals surface area (Å²) in [6.45, 7) is 3.53. The molecule has 0 aromatic carbocycles. The Balaban J connectivity index is 1.44. The fraction of sp³-hybridized carbons (Fsp3) is 0.571. The summed E-state index contributed by atoms with van der Waals surface area (Å²) in [5.74, 6) is -0.864. The van der Waals surface area contributed by atoms with E-state index in [2.05, 4.69) is 10.4 Å². The molecule has 0 atom stereocenters. The molecule has 9 nitrogen and oxygen atoms in total. The molecule has 0 saturated heterocycles. The third-order valence-corrected chi connectivity index (χ3v) is 5.37. The molecule has 4 rings (SSSR count). The number of aromatic nitrogens is 3. The van der Waals surface area contributed by atoms with Crippen LogP contribution >= 0.6 is 0 Å². The van der Waals surface area contributed by atoms with E-state index in [1.54, 1.807) is 16.9 Å². The van der Waals surface area contributed by atoms with E-state index in [0.29, 0.717) is 22.5 Å². The smallest absolute Gasteiger partial charge is 0.339 e. The van der Waals surface area contributed by atoms with Crippen molar-refractivity contribution < 1.29 is 19.1 Å². The zero-order valence-electron chi connectivity index (χ0n) is 17.6. The number of nitrogens with one attached hydrogen (secondary N) is 1. The Kier molecular flexibility index (Phi) is 5.44. The van der Waals surface area contributed by atoms with Crippen LogP contribution in [0.3, 0.4) is 0 Å². The number of pyridine rings is 1.